The highest BCUT2D eigenvalue weighted by Gasteiger charge is 2.45. The lowest BCUT2D eigenvalue weighted by Gasteiger charge is -2.40. The van der Waals surface area contributed by atoms with Crippen molar-refractivity contribution in [1.82, 2.24) is 10.2 Å². The van der Waals surface area contributed by atoms with Crippen molar-refractivity contribution in [2.45, 2.75) is 45.2 Å². The second-order valence-electron chi connectivity index (χ2n) is 7.50. The molecule has 0 spiro atoms. The van der Waals surface area contributed by atoms with Gasteiger partial charge < -0.3 is 16.0 Å². The molecule has 2 aliphatic rings. The SMILES string of the molecule is CC(C)C[C@@H]1C(=O)N[C@H](C2Cc3ccccc3C2)C(=O)N1CC(N)=O. The Balaban J connectivity index is 1.82. The van der Waals surface area contributed by atoms with Gasteiger partial charge in [0.15, 0.2) is 0 Å². The zero-order chi connectivity index (χ0) is 18.1. The lowest BCUT2D eigenvalue weighted by molar-refractivity contribution is -0.153. The van der Waals surface area contributed by atoms with Crippen LogP contribution < -0.4 is 11.1 Å². The van der Waals surface area contributed by atoms with Crippen LogP contribution in [0.1, 0.15) is 31.4 Å². The average Bonchev–Trinajstić information content (AvgIpc) is 2.97. The van der Waals surface area contributed by atoms with E-state index < -0.39 is 18.0 Å². The number of benzene rings is 1. The Kier molecular flexibility index (Phi) is 4.79. The van der Waals surface area contributed by atoms with Crippen LogP contribution in [0.3, 0.4) is 0 Å². The molecule has 0 bridgehead atoms. The van der Waals surface area contributed by atoms with Crippen LogP contribution in [0.2, 0.25) is 0 Å². The van der Waals surface area contributed by atoms with E-state index >= 15 is 0 Å². The van der Waals surface area contributed by atoms with Gasteiger partial charge in [0, 0.05) is 0 Å². The fourth-order valence-corrected chi connectivity index (χ4v) is 3.97. The number of carbonyl (C=O) groups is 3. The fraction of sp³-hybridized carbons (Fsp3) is 0.526. The van der Waals surface area contributed by atoms with E-state index in [2.05, 4.69) is 17.4 Å². The Labute approximate surface area is 147 Å². The third-order valence-electron chi connectivity index (χ3n) is 5.10. The van der Waals surface area contributed by atoms with Crippen molar-refractivity contribution in [3.05, 3.63) is 35.4 Å². The molecule has 1 fully saturated rings. The second kappa shape index (κ2) is 6.86. The van der Waals surface area contributed by atoms with Crippen LogP contribution in [0.5, 0.6) is 0 Å². The molecule has 0 unspecified atom stereocenters. The highest BCUT2D eigenvalue weighted by atomic mass is 16.2. The maximum atomic E-state index is 13.0. The van der Waals surface area contributed by atoms with Gasteiger partial charge in [-0.25, -0.2) is 0 Å². The number of nitrogens with two attached hydrogens (primary N) is 1. The zero-order valence-corrected chi connectivity index (χ0v) is 14.7. The Morgan fingerprint density at radius 1 is 1.24 bits per heavy atom. The van der Waals surface area contributed by atoms with Gasteiger partial charge in [0.25, 0.3) is 0 Å². The van der Waals surface area contributed by atoms with Crippen LogP contribution in [0.15, 0.2) is 24.3 Å². The molecular weight excluding hydrogens is 318 g/mol. The smallest absolute Gasteiger partial charge is 0.246 e. The van der Waals surface area contributed by atoms with Gasteiger partial charge in [0.05, 0.1) is 0 Å². The average molecular weight is 343 g/mol. The van der Waals surface area contributed by atoms with Crippen molar-refractivity contribution in [2.24, 2.45) is 17.6 Å². The molecule has 6 heteroatoms. The summed E-state index contributed by atoms with van der Waals surface area (Å²) >= 11 is 0. The molecule has 25 heavy (non-hydrogen) atoms. The molecule has 1 aromatic rings. The molecule has 134 valence electrons. The molecule has 0 saturated carbocycles. The van der Waals surface area contributed by atoms with Gasteiger partial charge in [0.2, 0.25) is 17.7 Å². The van der Waals surface area contributed by atoms with Crippen LogP contribution in [0.25, 0.3) is 0 Å². The molecule has 1 aliphatic carbocycles. The number of hydrogen-bond acceptors (Lipinski definition) is 3. The lowest BCUT2D eigenvalue weighted by Crippen LogP contribution is -2.66. The largest absolute Gasteiger partial charge is 0.368 e. The topological polar surface area (TPSA) is 92.5 Å². The Bertz CT molecular complexity index is 676. The van der Waals surface area contributed by atoms with Gasteiger partial charge in [-0.2, -0.15) is 0 Å². The van der Waals surface area contributed by atoms with Crippen molar-refractivity contribution < 1.29 is 14.4 Å². The minimum absolute atomic E-state index is 0.0178. The molecule has 3 rings (SSSR count). The maximum absolute atomic E-state index is 13.0. The summed E-state index contributed by atoms with van der Waals surface area (Å²) in [5.41, 5.74) is 7.77. The number of nitrogens with zero attached hydrogens (tertiary/aromatic N) is 1. The highest BCUT2D eigenvalue weighted by Crippen LogP contribution is 2.31. The van der Waals surface area contributed by atoms with E-state index in [9.17, 15) is 14.4 Å². The number of rotatable bonds is 5. The lowest BCUT2D eigenvalue weighted by atomic mass is 9.90. The third-order valence-corrected chi connectivity index (χ3v) is 5.10. The first-order valence-corrected chi connectivity index (χ1v) is 8.82. The van der Waals surface area contributed by atoms with Crippen molar-refractivity contribution in [3.63, 3.8) is 0 Å². The number of amides is 3. The Morgan fingerprint density at radius 3 is 2.36 bits per heavy atom. The van der Waals surface area contributed by atoms with Gasteiger partial charge in [-0.3, -0.25) is 14.4 Å². The van der Waals surface area contributed by atoms with E-state index in [1.54, 1.807) is 0 Å². The monoisotopic (exact) mass is 343 g/mol. The maximum Gasteiger partial charge on any atom is 0.246 e. The molecule has 2 atom stereocenters. The summed E-state index contributed by atoms with van der Waals surface area (Å²) in [6.45, 7) is 3.76. The standard InChI is InChI=1S/C19H25N3O3/c1-11(2)7-15-18(24)21-17(19(25)22(15)10-16(20)23)14-8-12-5-3-4-6-13(12)9-14/h3-6,11,14-15,17H,7-10H2,1-2H3,(H2,20,23)(H,21,24)/t15-,17-/m1/s1. The van der Waals surface area contributed by atoms with E-state index in [0.29, 0.717) is 6.42 Å². The predicted molar refractivity (Wildman–Crippen MR) is 93.4 cm³/mol. The molecular formula is C19H25N3O3. The van der Waals surface area contributed by atoms with Crippen LogP contribution in [0.4, 0.5) is 0 Å². The summed E-state index contributed by atoms with van der Waals surface area (Å²) in [6.07, 6.45) is 2.03. The van der Waals surface area contributed by atoms with Crippen LogP contribution >= 0.6 is 0 Å². The van der Waals surface area contributed by atoms with Gasteiger partial charge in [-0.05, 0) is 42.2 Å². The van der Waals surface area contributed by atoms with Gasteiger partial charge in [-0.15, -0.1) is 0 Å². The first kappa shape index (κ1) is 17.5. The summed E-state index contributed by atoms with van der Waals surface area (Å²) in [6, 6.07) is 6.88. The van der Waals surface area contributed by atoms with Gasteiger partial charge in [-0.1, -0.05) is 38.1 Å². The van der Waals surface area contributed by atoms with Crippen molar-refractivity contribution in [3.8, 4) is 0 Å². The molecule has 3 amide bonds. The normalized spacial score (nSPS) is 23.7. The van der Waals surface area contributed by atoms with Crippen molar-refractivity contribution >= 4 is 17.7 Å². The molecule has 0 radical (unpaired) electrons. The van der Waals surface area contributed by atoms with E-state index in [1.807, 2.05) is 26.0 Å². The fourth-order valence-electron chi connectivity index (χ4n) is 3.97. The first-order valence-electron chi connectivity index (χ1n) is 8.82. The van der Waals surface area contributed by atoms with E-state index in [0.717, 1.165) is 12.8 Å². The van der Waals surface area contributed by atoms with Crippen molar-refractivity contribution in [2.75, 3.05) is 6.54 Å². The Hall–Kier alpha value is -2.37. The van der Waals surface area contributed by atoms with Gasteiger partial charge >= 0.3 is 0 Å². The summed E-state index contributed by atoms with van der Waals surface area (Å²) in [5.74, 6) is -0.724. The van der Waals surface area contributed by atoms with Crippen LogP contribution in [-0.4, -0.2) is 41.2 Å². The van der Waals surface area contributed by atoms with E-state index in [-0.39, 0.29) is 30.2 Å². The predicted octanol–water partition coefficient (Wildman–Crippen LogP) is 0.628. The molecule has 1 aliphatic heterocycles. The molecule has 6 nitrogen and oxygen atoms in total. The van der Waals surface area contributed by atoms with Crippen molar-refractivity contribution in [1.29, 1.82) is 0 Å². The van der Waals surface area contributed by atoms with Gasteiger partial charge in [0.1, 0.15) is 18.6 Å². The number of hydrogen-bond donors (Lipinski definition) is 2. The summed E-state index contributed by atoms with van der Waals surface area (Å²) < 4.78 is 0. The number of nitrogens with one attached hydrogen (secondary N) is 1. The summed E-state index contributed by atoms with van der Waals surface area (Å²) in [7, 11) is 0. The van der Waals surface area contributed by atoms with Crippen LogP contribution in [0, 0.1) is 11.8 Å². The molecule has 1 aromatic carbocycles. The zero-order valence-electron chi connectivity index (χ0n) is 14.7. The van der Waals surface area contributed by atoms with E-state index in [1.165, 1.54) is 16.0 Å². The summed E-state index contributed by atoms with van der Waals surface area (Å²) in [5, 5.41) is 2.92. The number of primary amides is 1. The number of carbonyl (C=O) groups excluding carboxylic acids is 3. The highest BCUT2D eigenvalue weighted by molar-refractivity contribution is 5.99. The molecule has 1 saturated heterocycles. The quantitative estimate of drug-likeness (QED) is 0.821. The number of piperazine rings is 1. The minimum atomic E-state index is -0.625. The molecule has 1 heterocycles. The minimum Gasteiger partial charge on any atom is -0.368 e. The van der Waals surface area contributed by atoms with Crippen LogP contribution in [-0.2, 0) is 27.2 Å². The Morgan fingerprint density at radius 2 is 1.84 bits per heavy atom. The molecule has 3 N–H and O–H groups in total. The number of fused-ring (bicyclic) bond motifs is 1. The van der Waals surface area contributed by atoms with E-state index in [4.69, 9.17) is 5.73 Å². The first-order chi connectivity index (χ1) is 11.9. The second-order valence-corrected chi connectivity index (χ2v) is 7.50. The molecule has 0 aromatic heterocycles. The summed E-state index contributed by atoms with van der Waals surface area (Å²) in [4.78, 5) is 38.5. The third kappa shape index (κ3) is 3.52.